The van der Waals surface area contributed by atoms with E-state index in [4.69, 9.17) is 0 Å². The van der Waals surface area contributed by atoms with Gasteiger partial charge in [0.2, 0.25) is 11.8 Å². The molecule has 0 aromatic rings. The van der Waals surface area contributed by atoms with E-state index in [1.54, 1.807) is 0 Å². The molecule has 0 spiro atoms. The van der Waals surface area contributed by atoms with Crippen molar-refractivity contribution in [1.29, 1.82) is 0 Å². The zero-order valence-corrected chi connectivity index (χ0v) is 12.5. The fourth-order valence-corrected chi connectivity index (χ4v) is 4.78. The minimum Gasteiger partial charge on any atom is -0.351 e. The molecule has 1 aliphatic carbocycles. The van der Waals surface area contributed by atoms with Crippen molar-refractivity contribution < 1.29 is 18.0 Å². The SMILES string of the molecule is CC(=O)N[C@H](C(=O)N[C@H]1CCS(=O)(=O)C1)C1CCCC1. The maximum atomic E-state index is 12.3. The molecular weight excluding hydrogens is 280 g/mol. The van der Waals surface area contributed by atoms with E-state index in [1.807, 2.05) is 0 Å². The summed E-state index contributed by atoms with van der Waals surface area (Å²) >= 11 is 0. The normalized spacial score (nSPS) is 27.1. The van der Waals surface area contributed by atoms with Gasteiger partial charge in [0.1, 0.15) is 6.04 Å². The molecule has 20 heavy (non-hydrogen) atoms. The molecule has 2 fully saturated rings. The molecule has 0 aromatic carbocycles. The van der Waals surface area contributed by atoms with Crippen LogP contribution in [0.25, 0.3) is 0 Å². The van der Waals surface area contributed by atoms with E-state index in [2.05, 4.69) is 10.6 Å². The zero-order valence-electron chi connectivity index (χ0n) is 11.7. The molecule has 1 heterocycles. The van der Waals surface area contributed by atoms with Crippen molar-refractivity contribution in [3.63, 3.8) is 0 Å². The van der Waals surface area contributed by atoms with E-state index in [1.165, 1.54) is 6.92 Å². The van der Waals surface area contributed by atoms with Crippen LogP contribution < -0.4 is 10.6 Å². The van der Waals surface area contributed by atoms with E-state index in [9.17, 15) is 18.0 Å². The van der Waals surface area contributed by atoms with Crippen molar-refractivity contribution in [2.24, 2.45) is 5.92 Å². The van der Waals surface area contributed by atoms with Crippen LogP contribution in [0.3, 0.4) is 0 Å². The highest BCUT2D eigenvalue weighted by Gasteiger charge is 2.35. The largest absolute Gasteiger partial charge is 0.351 e. The van der Waals surface area contributed by atoms with E-state index in [-0.39, 0.29) is 35.3 Å². The highest BCUT2D eigenvalue weighted by atomic mass is 32.2. The summed E-state index contributed by atoms with van der Waals surface area (Å²) in [5.74, 6) is -0.162. The Kier molecular flexibility index (Phi) is 4.67. The van der Waals surface area contributed by atoms with Crippen molar-refractivity contribution in [3.05, 3.63) is 0 Å². The lowest BCUT2D eigenvalue weighted by atomic mass is 9.97. The Morgan fingerprint density at radius 1 is 1.15 bits per heavy atom. The molecule has 2 rings (SSSR count). The Balaban J connectivity index is 1.97. The molecular formula is C13H22N2O4S. The molecule has 1 saturated carbocycles. The average molecular weight is 302 g/mol. The highest BCUT2D eigenvalue weighted by molar-refractivity contribution is 7.91. The van der Waals surface area contributed by atoms with E-state index in [0.717, 1.165) is 25.7 Å². The fourth-order valence-electron chi connectivity index (χ4n) is 3.11. The maximum Gasteiger partial charge on any atom is 0.243 e. The minimum atomic E-state index is -3.01. The van der Waals surface area contributed by atoms with Gasteiger partial charge in [0.05, 0.1) is 11.5 Å². The van der Waals surface area contributed by atoms with Crippen LogP contribution in [0.4, 0.5) is 0 Å². The number of hydrogen-bond acceptors (Lipinski definition) is 4. The predicted octanol–water partition coefficient (Wildman–Crippen LogP) is -0.0154. The molecule has 0 unspecified atom stereocenters. The molecule has 2 aliphatic rings. The molecule has 0 aromatic heterocycles. The quantitative estimate of drug-likeness (QED) is 0.763. The summed E-state index contributed by atoms with van der Waals surface area (Å²) in [5, 5.41) is 5.50. The summed E-state index contributed by atoms with van der Waals surface area (Å²) in [6.07, 6.45) is 4.48. The van der Waals surface area contributed by atoms with Crippen molar-refractivity contribution in [2.45, 2.75) is 51.1 Å². The standard InChI is InChI=1S/C13H22N2O4S/c1-9(16)14-12(10-4-2-3-5-10)13(17)15-11-6-7-20(18,19)8-11/h10-12H,2-8H2,1H3,(H,14,16)(H,15,17)/t11-,12-/m0/s1. The van der Waals surface area contributed by atoms with Crippen LogP contribution in [0.2, 0.25) is 0 Å². The van der Waals surface area contributed by atoms with Crippen molar-refractivity contribution in [3.8, 4) is 0 Å². The van der Waals surface area contributed by atoms with Gasteiger partial charge >= 0.3 is 0 Å². The van der Waals surface area contributed by atoms with Crippen LogP contribution in [-0.4, -0.2) is 43.8 Å². The molecule has 7 heteroatoms. The molecule has 114 valence electrons. The number of nitrogens with one attached hydrogen (secondary N) is 2. The first kappa shape index (κ1) is 15.3. The summed E-state index contributed by atoms with van der Waals surface area (Å²) < 4.78 is 22.8. The van der Waals surface area contributed by atoms with Gasteiger partial charge in [-0.15, -0.1) is 0 Å². The Morgan fingerprint density at radius 2 is 1.80 bits per heavy atom. The molecule has 0 radical (unpaired) electrons. The summed E-state index contributed by atoms with van der Waals surface area (Å²) in [5.41, 5.74) is 0. The van der Waals surface area contributed by atoms with Crippen molar-refractivity contribution >= 4 is 21.7 Å². The first-order chi connectivity index (χ1) is 9.37. The predicted molar refractivity (Wildman–Crippen MR) is 74.8 cm³/mol. The van der Waals surface area contributed by atoms with Gasteiger partial charge in [-0.05, 0) is 25.2 Å². The van der Waals surface area contributed by atoms with Gasteiger partial charge in [-0.25, -0.2) is 8.42 Å². The number of hydrogen-bond donors (Lipinski definition) is 2. The number of amides is 2. The lowest BCUT2D eigenvalue weighted by molar-refractivity contribution is -0.129. The monoisotopic (exact) mass is 302 g/mol. The molecule has 0 bridgehead atoms. The van der Waals surface area contributed by atoms with Gasteiger partial charge < -0.3 is 10.6 Å². The van der Waals surface area contributed by atoms with Gasteiger partial charge in [-0.3, -0.25) is 9.59 Å². The molecule has 2 N–H and O–H groups in total. The van der Waals surface area contributed by atoms with Crippen molar-refractivity contribution in [2.75, 3.05) is 11.5 Å². The fraction of sp³-hybridized carbons (Fsp3) is 0.846. The van der Waals surface area contributed by atoms with Gasteiger partial charge in [-0.2, -0.15) is 0 Å². The van der Waals surface area contributed by atoms with Crippen molar-refractivity contribution in [1.82, 2.24) is 10.6 Å². The second-order valence-corrected chi connectivity index (χ2v) is 8.06. The van der Waals surface area contributed by atoms with E-state index in [0.29, 0.717) is 6.42 Å². The smallest absolute Gasteiger partial charge is 0.243 e. The third-order valence-corrected chi connectivity index (χ3v) is 5.86. The molecule has 1 aliphatic heterocycles. The third-order valence-electron chi connectivity index (χ3n) is 4.09. The molecule has 1 saturated heterocycles. The van der Waals surface area contributed by atoms with Gasteiger partial charge in [0.15, 0.2) is 9.84 Å². The minimum absolute atomic E-state index is 0.0101. The Hall–Kier alpha value is -1.11. The maximum absolute atomic E-state index is 12.3. The third kappa shape index (κ3) is 3.94. The molecule has 6 nitrogen and oxygen atoms in total. The van der Waals surface area contributed by atoms with Crippen LogP contribution >= 0.6 is 0 Å². The topological polar surface area (TPSA) is 92.3 Å². The van der Waals surface area contributed by atoms with E-state index < -0.39 is 15.9 Å². The summed E-state index contributed by atoms with van der Waals surface area (Å²) in [4.78, 5) is 23.6. The highest BCUT2D eigenvalue weighted by Crippen LogP contribution is 2.28. The van der Waals surface area contributed by atoms with Crippen LogP contribution in [0.5, 0.6) is 0 Å². The lowest BCUT2D eigenvalue weighted by Crippen LogP contribution is -2.52. The van der Waals surface area contributed by atoms with Gasteiger partial charge in [-0.1, -0.05) is 12.8 Å². The Bertz CT molecular complexity index is 483. The van der Waals surface area contributed by atoms with Crippen LogP contribution in [-0.2, 0) is 19.4 Å². The summed E-state index contributed by atoms with van der Waals surface area (Å²) in [7, 11) is -3.01. The second kappa shape index (κ2) is 6.11. The summed E-state index contributed by atoms with van der Waals surface area (Å²) in [6, 6.07) is -0.844. The summed E-state index contributed by atoms with van der Waals surface area (Å²) in [6.45, 7) is 1.40. The lowest BCUT2D eigenvalue weighted by Gasteiger charge is -2.24. The van der Waals surface area contributed by atoms with Crippen LogP contribution in [0.1, 0.15) is 39.0 Å². The first-order valence-corrected chi connectivity index (χ1v) is 8.97. The zero-order chi connectivity index (χ0) is 14.8. The second-order valence-electron chi connectivity index (χ2n) is 5.83. The number of sulfone groups is 1. The first-order valence-electron chi connectivity index (χ1n) is 7.15. The Morgan fingerprint density at radius 3 is 2.30 bits per heavy atom. The molecule has 2 atom stereocenters. The van der Waals surface area contributed by atoms with Gasteiger partial charge in [0, 0.05) is 13.0 Å². The Labute approximate surface area is 119 Å². The number of rotatable bonds is 4. The molecule has 2 amide bonds. The van der Waals surface area contributed by atoms with Gasteiger partial charge in [0.25, 0.3) is 0 Å². The average Bonchev–Trinajstić information content (AvgIpc) is 2.95. The number of carbonyl (C=O) groups is 2. The van der Waals surface area contributed by atoms with E-state index >= 15 is 0 Å². The number of carbonyl (C=O) groups excluding carboxylic acids is 2. The van der Waals surface area contributed by atoms with Crippen LogP contribution in [0.15, 0.2) is 0 Å². The van der Waals surface area contributed by atoms with Crippen LogP contribution in [0, 0.1) is 5.92 Å².